The number of nitrogens with zero attached hydrogens (tertiary/aromatic N) is 2. The Bertz CT molecular complexity index is 2090. The Morgan fingerprint density at radius 2 is 1.19 bits per heavy atom. The van der Waals surface area contributed by atoms with Gasteiger partial charge in [0.1, 0.15) is 36.1 Å². The van der Waals surface area contributed by atoms with Crippen LogP contribution in [0.1, 0.15) is 25.4 Å². The Kier molecular flexibility index (Phi) is 12.8. The molecule has 0 spiro atoms. The Labute approximate surface area is 315 Å². The quantitative estimate of drug-likeness (QED) is 0.112. The highest BCUT2D eigenvalue weighted by Gasteiger charge is 2.38. The van der Waals surface area contributed by atoms with Gasteiger partial charge in [-0.25, -0.2) is 0 Å². The van der Waals surface area contributed by atoms with Gasteiger partial charge < -0.3 is 18.3 Å². The molecule has 0 radical (unpaired) electrons. The van der Waals surface area contributed by atoms with E-state index in [1.54, 1.807) is 56.3 Å². The van der Waals surface area contributed by atoms with E-state index in [-0.39, 0.29) is 29.6 Å². The highest BCUT2D eigenvalue weighted by atomic mass is 35.5. The van der Waals surface area contributed by atoms with E-state index in [9.17, 15) is 28.8 Å². The van der Waals surface area contributed by atoms with Gasteiger partial charge in [-0.1, -0.05) is 53.5 Å². The first-order valence-electron chi connectivity index (χ1n) is 15.5. The first kappa shape index (κ1) is 38.2. The van der Waals surface area contributed by atoms with Crippen molar-refractivity contribution >= 4 is 93.1 Å². The molecule has 0 saturated carbocycles. The maximum absolute atomic E-state index is 12.4. The standard InChI is InChI=1S/C18H13Cl2NO5S.C18H15NO5S/c1-2-25-16(22)9-21-17(23)15(27-18(21)24)8-11-4-6-14(26-11)12-5-3-10(19)7-13(12)20;1-2-23-16(20)11-19-17(21)15(25-18(19)22)10-13-8-9-14(24-13)12-6-4-3-5-7-12/h3-8H,2,9H2,1H3;3-10H,2,11H2,1H3/b15-8-;15-10-. The second-order valence-corrected chi connectivity index (χ2v) is 13.4. The van der Waals surface area contributed by atoms with Gasteiger partial charge in [0, 0.05) is 28.3 Å². The molecule has 2 aromatic heterocycles. The number of carbonyl (C=O) groups excluding carboxylic acids is 6. The summed E-state index contributed by atoms with van der Waals surface area (Å²) in [6, 6.07) is 21.4. The van der Waals surface area contributed by atoms with Gasteiger partial charge in [0.25, 0.3) is 22.3 Å². The average Bonchev–Trinajstić information content (AvgIpc) is 3.89. The van der Waals surface area contributed by atoms with Crippen LogP contribution in [0.2, 0.25) is 10.0 Å². The summed E-state index contributed by atoms with van der Waals surface area (Å²) in [5.41, 5.74) is 1.56. The highest BCUT2D eigenvalue weighted by molar-refractivity contribution is 8.18. The molecule has 4 heterocycles. The van der Waals surface area contributed by atoms with E-state index in [4.69, 9.17) is 41.5 Å². The summed E-state index contributed by atoms with van der Waals surface area (Å²) in [6.45, 7) is 2.87. The van der Waals surface area contributed by atoms with Crippen LogP contribution < -0.4 is 0 Å². The highest BCUT2D eigenvalue weighted by Crippen LogP contribution is 2.36. The van der Waals surface area contributed by atoms with Crippen molar-refractivity contribution in [1.29, 1.82) is 0 Å². The molecule has 2 aliphatic heterocycles. The topological polar surface area (TPSA) is 154 Å². The molecule has 0 unspecified atom stereocenters. The van der Waals surface area contributed by atoms with Gasteiger partial charge in [-0.2, -0.15) is 0 Å². The third-order valence-electron chi connectivity index (χ3n) is 6.99. The molecule has 6 rings (SSSR count). The number of esters is 2. The first-order valence-corrected chi connectivity index (χ1v) is 17.9. The van der Waals surface area contributed by atoms with E-state index < -0.39 is 40.8 Å². The lowest BCUT2D eigenvalue weighted by Crippen LogP contribution is -2.34. The van der Waals surface area contributed by atoms with Crippen LogP contribution in [0, 0.1) is 0 Å². The third-order valence-corrected chi connectivity index (χ3v) is 9.35. The van der Waals surface area contributed by atoms with Crippen LogP contribution in [0.5, 0.6) is 0 Å². The van der Waals surface area contributed by atoms with Crippen LogP contribution in [0.25, 0.3) is 34.8 Å². The predicted octanol–water partition coefficient (Wildman–Crippen LogP) is 8.40. The molecule has 0 N–H and O–H groups in total. The third kappa shape index (κ3) is 9.44. The average molecular weight is 784 g/mol. The van der Waals surface area contributed by atoms with Crippen molar-refractivity contribution < 1.29 is 47.1 Å². The smallest absolute Gasteiger partial charge is 0.326 e. The Hall–Kier alpha value is -5.02. The molecule has 2 aromatic carbocycles. The van der Waals surface area contributed by atoms with Crippen molar-refractivity contribution in [2.75, 3.05) is 26.3 Å². The second-order valence-electron chi connectivity index (χ2n) is 10.5. The first-order chi connectivity index (χ1) is 25.0. The molecule has 16 heteroatoms. The van der Waals surface area contributed by atoms with Crippen LogP contribution in [0.4, 0.5) is 9.59 Å². The summed E-state index contributed by atoms with van der Waals surface area (Å²) in [4.78, 5) is 73.7. The monoisotopic (exact) mass is 782 g/mol. The van der Waals surface area contributed by atoms with Gasteiger partial charge in [-0.3, -0.25) is 38.6 Å². The van der Waals surface area contributed by atoms with E-state index in [1.807, 2.05) is 30.3 Å². The van der Waals surface area contributed by atoms with Gasteiger partial charge >= 0.3 is 11.9 Å². The van der Waals surface area contributed by atoms with Crippen LogP contribution in [0.15, 0.2) is 91.4 Å². The Morgan fingerprint density at radius 3 is 1.69 bits per heavy atom. The molecule has 4 aromatic rings. The summed E-state index contributed by atoms with van der Waals surface area (Å²) in [5.74, 6) is -0.361. The van der Waals surface area contributed by atoms with E-state index in [0.29, 0.717) is 38.6 Å². The minimum absolute atomic E-state index is 0.160. The van der Waals surface area contributed by atoms with Gasteiger partial charge in [0.05, 0.1) is 28.0 Å². The van der Waals surface area contributed by atoms with Crippen molar-refractivity contribution in [2.24, 2.45) is 0 Å². The number of rotatable bonds is 10. The zero-order valence-corrected chi connectivity index (χ0v) is 30.6. The van der Waals surface area contributed by atoms with Crippen molar-refractivity contribution in [3.8, 4) is 22.6 Å². The number of thioether (sulfide) groups is 2. The van der Waals surface area contributed by atoms with Crippen molar-refractivity contribution in [3.05, 3.63) is 104 Å². The fraction of sp³-hybridized carbons (Fsp3) is 0.167. The molecule has 2 saturated heterocycles. The number of halogens is 2. The van der Waals surface area contributed by atoms with Crippen molar-refractivity contribution in [2.45, 2.75) is 13.8 Å². The number of amides is 4. The number of hydrogen-bond acceptors (Lipinski definition) is 12. The number of furan rings is 2. The van der Waals surface area contributed by atoms with E-state index in [0.717, 1.165) is 38.9 Å². The van der Waals surface area contributed by atoms with Crippen LogP contribution in [0.3, 0.4) is 0 Å². The fourth-order valence-corrected chi connectivity index (χ4v) is 6.79. The summed E-state index contributed by atoms with van der Waals surface area (Å²) in [6.07, 6.45) is 2.95. The molecular formula is C36H28Cl2N2O10S2. The molecule has 12 nitrogen and oxygen atoms in total. The van der Waals surface area contributed by atoms with Crippen molar-refractivity contribution in [1.82, 2.24) is 9.80 Å². The molecule has 4 amide bonds. The molecule has 0 atom stereocenters. The van der Waals surface area contributed by atoms with E-state index >= 15 is 0 Å². The molecule has 2 aliphatic rings. The maximum atomic E-state index is 12.4. The predicted molar refractivity (Wildman–Crippen MR) is 197 cm³/mol. The number of ether oxygens (including phenoxy) is 2. The van der Waals surface area contributed by atoms with Crippen molar-refractivity contribution in [3.63, 3.8) is 0 Å². The molecule has 268 valence electrons. The van der Waals surface area contributed by atoms with Gasteiger partial charge in [-0.15, -0.1) is 0 Å². The zero-order chi connectivity index (χ0) is 37.4. The number of carbonyl (C=O) groups is 6. The zero-order valence-electron chi connectivity index (χ0n) is 27.5. The molecule has 52 heavy (non-hydrogen) atoms. The minimum atomic E-state index is -0.640. The largest absolute Gasteiger partial charge is 0.465 e. The molecular weight excluding hydrogens is 755 g/mol. The molecule has 0 bridgehead atoms. The Morgan fingerprint density at radius 1 is 0.692 bits per heavy atom. The number of imide groups is 2. The van der Waals surface area contributed by atoms with Crippen LogP contribution in [-0.2, 0) is 28.7 Å². The molecule has 0 aliphatic carbocycles. The fourth-order valence-electron chi connectivity index (χ4n) is 4.65. The van der Waals surface area contributed by atoms with Gasteiger partial charge in [0.15, 0.2) is 0 Å². The molecule has 2 fully saturated rings. The van der Waals surface area contributed by atoms with E-state index in [1.165, 1.54) is 12.2 Å². The lowest BCUT2D eigenvalue weighted by Gasteiger charge is -2.10. The lowest BCUT2D eigenvalue weighted by molar-refractivity contribution is -0.146. The normalized spacial score (nSPS) is 15.8. The summed E-state index contributed by atoms with van der Waals surface area (Å²) < 4.78 is 21.0. The van der Waals surface area contributed by atoms with E-state index in [2.05, 4.69) is 0 Å². The lowest BCUT2D eigenvalue weighted by atomic mass is 10.2. The summed E-state index contributed by atoms with van der Waals surface area (Å²) in [7, 11) is 0. The minimum Gasteiger partial charge on any atom is -0.465 e. The number of hydrogen-bond donors (Lipinski definition) is 0. The van der Waals surface area contributed by atoms with Crippen LogP contribution in [-0.4, -0.2) is 70.3 Å². The second kappa shape index (κ2) is 17.5. The summed E-state index contributed by atoms with van der Waals surface area (Å²) >= 11 is 13.6. The number of benzene rings is 2. The van der Waals surface area contributed by atoms with Crippen LogP contribution >= 0.6 is 46.7 Å². The SMILES string of the molecule is CCOC(=O)CN1C(=O)S/C(=C\c2ccc(-c3ccc(Cl)cc3Cl)o2)C1=O.CCOC(=O)CN1C(=O)S/C(=C\c2ccc(-c3ccccc3)o2)C1=O. The maximum Gasteiger partial charge on any atom is 0.326 e. The summed E-state index contributed by atoms with van der Waals surface area (Å²) in [5, 5.41) is -0.102. The van der Waals surface area contributed by atoms with Gasteiger partial charge in [0.2, 0.25) is 0 Å². The Balaban J connectivity index is 0.000000202. The van der Waals surface area contributed by atoms with Gasteiger partial charge in [-0.05, 0) is 79.8 Å².